The largest absolute Gasteiger partial charge is 0.481 e. The van der Waals surface area contributed by atoms with Crippen LogP contribution in [0.4, 0.5) is 5.69 Å². The Morgan fingerprint density at radius 2 is 2.21 bits per heavy atom. The van der Waals surface area contributed by atoms with Crippen LogP contribution in [0.15, 0.2) is 17.6 Å². The van der Waals surface area contributed by atoms with Crippen molar-refractivity contribution in [2.45, 2.75) is 6.42 Å². The number of thiazole rings is 1. The predicted octanol–water partition coefficient (Wildman–Crippen LogP) is 2.17. The number of hydrogen-bond donors (Lipinski definition) is 2. The van der Waals surface area contributed by atoms with E-state index in [1.165, 1.54) is 11.3 Å². The minimum Gasteiger partial charge on any atom is -0.481 e. The van der Waals surface area contributed by atoms with E-state index in [-0.39, 0.29) is 10.7 Å². The molecule has 19 heavy (non-hydrogen) atoms. The van der Waals surface area contributed by atoms with E-state index in [0.29, 0.717) is 5.52 Å². The van der Waals surface area contributed by atoms with E-state index >= 15 is 0 Å². The van der Waals surface area contributed by atoms with Crippen molar-refractivity contribution in [3.05, 3.63) is 22.7 Å². The van der Waals surface area contributed by atoms with Gasteiger partial charge in [-0.05, 0) is 12.1 Å². The first-order valence-electron chi connectivity index (χ1n) is 5.13. The van der Waals surface area contributed by atoms with Crippen molar-refractivity contribution in [2.24, 2.45) is 0 Å². The van der Waals surface area contributed by atoms with Gasteiger partial charge in [-0.3, -0.25) is 9.52 Å². The molecule has 0 spiro atoms. The summed E-state index contributed by atoms with van der Waals surface area (Å²) < 4.78 is 26.6. The summed E-state index contributed by atoms with van der Waals surface area (Å²) in [5.74, 6) is -1.69. The molecule has 0 unspecified atom stereocenters. The molecule has 0 saturated heterocycles. The Morgan fingerprint density at radius 1 is 1.47 bits per heavy atom. The van der Waals surface area contributed by atoms with Crippen molar-refractivity contribution in [2.75, 3.05) is 10.5 Å². The molecular weight excluding hydrogens is 312 g/mol. The number of hydrogen-bond acceptors (Lipinski definition) is 5. The number of carboxylic acid groups (broad SMARTS) is 1. The zero-order chi connectivity index (χ0) is 14.0. The van der Waals surface area contributed by atoms with Crippen LogP contribution in [0, 0.1) is 0 Å². The van der Waals surface area contributed by atoms with E-state index < -0.39 is 28.2 Å². The highest BCUT2D eigenvalue weighted by atomic mass is 35.5. The van der Waals surface area contributed by atoms with Crippen LogP contribution in [-0.4, -0.2) is 30.2 Å². The number of anilines is 1. The average Bonchev–Trinajstić information content (AvgIpc) is 2.79. The fraction of sp³-hybridized carbons (Fsp3) is 0.200. The van der Waals surface area contributed by atoms with Crippen molar-refractivity contribution in [1.82, 2.24) is 4.98 Å². The summed E-state index contributed by atoms with van der Waals surface area (Å²) in [4.78, 5) is 14.5. The molecule has 0 bridgehead atoms. The molecule has 2 rings (SSSR count). The van der Waals surface area contributed by atoms with Gasteiger partial charge in [0.25, 0.3) is 0 Å². The summed E-state index contributed by atoms with van der Waals surface area (Å²) in [6.45, 7) is 0. The second kappa shape index (κ2) is 5.32. The Balaban J connectivity index is 2.32. The van der Waals surface area contributed by atoms with Gasteiger partial charge in [0, 0.05) is 0 Å². The fourth-order valence-electron chi connectivity index (χ4n) is 1.43. The molecule has 9 heteroatoms. The lowest BCUT2D eigenvalue weighted by molar-refractivity contribution is -0.136. The third-order valence-corrected chi connectivity index (χ3v) is 4.66. The fourth-order valence-corrected chi connectivity index (χ4v) is 3.44. The molecule has 0 radical (unpaired) electrons. The number of fused-ring (bicyclic) bond motifs is 1. The number of carboxylic acids is 1. The van der Waals surface area contributed by atoms with Crippen LogP contribution in [0.25, 0.3) is 10.2 Å². The molecule has 102 valence electrons. The van der Waals surface area contributed by atoms with Gasteiger partial charge in [-0.2, -0.15) is 0 Å². The number of aliphatic carboxylic acids is 1. The highest BCUT2D eigenvalue weighted by Crippen LogP contribution is 2.32. The van der Waals surface area contributed by atoms with Gasteiger partial charge in [-0.1, -0.05) is 11.6 Å². The third-order valence-electron chi connectivity index (χ3n) is 2.29. The van der Waals surface area contributed by atoms with Gasteiger partial charge >= 0.3 is 5.97 Å². The molecule has 2 aromatic rings. The maximum Gasteiger partial charge on any atom is 0.304 e. The quantitative estimate of drug-likeness (QED) is 0.880. The number of halogens is 1. The Hall–Kier alpha value is -1.38. The maximum atomic E-state index is 11.8. The first kappa shape index (κ1) is 14.0. The van der Waals surface area contributed by atoms with E-state index in [2.05, 4.69) is 9.71 Å². The van der Waals surface area contributed by atoms with Crippen LogP contribution in [0.1, 0.15) is 6.42 Å². The third kappa shape index (κ3) is 3.34. The summed E-state index contributed by atoms with van der Waals surface area (Å²) in [5.41, 5.74) is 2.22. The second-order valence-corrected chi connectivity index (χ2v) is 6.82. The molecule has 0 amide bonds. The molecule has 0 fully saturated rings. The normalized spacial score (nSPS) is 11.6. The lowest BCUT2D eigenvalue weighted by atomic mass is 10.3. The zero-order valence-corrected chi connectivity index (χ0v) is 11.8. The first-order chi connectivity index (χ1) is 8.89. The number of aromatic nitrogens is 1. The van der Waals surface area contributed by atoms with Crippen LogP contribution in [-0.2, 0) is 14.8 Å². The summed E-state index contributed by atoms with van der Waals surface area (Å²) in [6.07, 6.45) is -0.472. The summed E-state index contributed by atoms with van der Waals surface area (Å²) in [5, 5.41) is 8.73. The number of carbonyl (C=O) groups is 1. The molecule has 1 aromatic heterocycles. The smallest absolute Gasteiger partial charge is 0.304 e. The molecular formula is C10H9ClN2O4S2. The molecule has 2 N–H and O–H groups in total. The molecule has 0 aliphatic rings. The van der Waals surface area contributed by atoms with Crippen molar-refractivity contribution in [3.8, 4) is 0 Å². The number of sulfonamides is 1. The number of nitrogens with zero attached hydrogens (tertiary/aromatic N) is 1. The zero-order valence-electron chi connectivity index (χ0n) is 9.46. The molecule has 0 aliphatic heterocycles. The van der Waals surface area contributed by atoms with Gasteiger partial charge in [-0.15, -0.1) is 11.3 Å². The van der Waals surface area contributed by atoms with Crippen molar-refractivity contribution >= 4 is 54.8 Å². The van der Waals surface area contributed by atoms with Gasteiger partial charge < -0.3 is 5.11 Å². The number of nitrogens with one attached hydrogen (secondary N) is 1. The van der Waals surface area contributed by atoms with Crippen LogP contribution in [0.2, 0.25) is 5.02 Å². The average molecular weight is 321 g/mol. The minimum absolute atomic E-state index is 0.186. The molecule has 1 heterocycles. The monoisotopic (exact) mass is 320 g/mol. The molecule has 1 aromatic carbocycles. The minimum atomic E-state index is -3.77. The highest BCUT2D eigenvalue weighted by molar-refractivity contribution is 7.92. The van der Waals surface area contributed by atoms with E-state index in [4.69, 9.17) is 16.7 Å². The van der Waals surface area contributed by atoms with E-state index in [0.717, 1.165) is 4.70 Å². The van der Waals surface area contributed by atoms with Gasteiger partial charge in [0.1, 0.15) is 5.52 Å². The number of benzene rings is 1. The lowest BCUT2D eigenvalue weighted by Crippen LogP contribution is -2.19. The first-order valence-corrected chi connectivity index (χ1v) is 8.04. The van der Waals surface area contributed by atoms with E-state index in [1.54, 1.807) is 17.6 Å². The second-order valence-electron chi connectivity index (χ2n) is 3.69. The summed E-state index contributed by atoms with van der Waals surface area (Å²) in [6, 6.07) is 3.31. The van der Waals surface area contributed by atoms with Gasteiger partial charge in [0.05, 0.1) is 33.1 Å². The van der Waals surface area contributed by atoms with E-state index in [1.807, 2.05) is 0 Å². The Bertz CT molecular complexity index is 726. The lowest BCUT2D eigenvalue weighted by Gasteiger charge is -2.09. The molecule has 0 atom stereocenters. The van der Waals surface area contributed by atoms with Crippen molar-refractivity contribution < 1.29 is 18.3 Å². The molecule has 6 nitrogen and oxygen atoms in total. The van der Waals surface area contributed by atoms with Crippen molar-refractivity contribution in [1.29, 1.82) is 0 Å². The predicted molar refractivity (Wildman–Crippen MR) is 74.3 cm³/mol. The van der Waals surface area contributed by atoms with Gasteiger partial charge in [0.15, 0.2) is 0 Å². The van der Waals surface area contributed by atoms with Crippen LogP contribution in [0.3, 0.4) is 0 Å². The maximum absolute atomic E-state index is 11.8. The van der Waals surface area contributed by atoms with Gasteiger partial charge in [0.2, 0.25) is 10.0 Å². The van der Waals surface area contributed by atoms with Crippen LogP contribution < -0.4 is 4.72 Å². The topological polar surface area (TPSA) is 96.4 Å². The van der Waals surface area contributed by atoms with Crippen LogP contribution >= 0.6 is 22.9 Å². The Labute approximate surface area is 118 Å². The highest BCUT2D eigenvalue weighted by Gasteiger charge is 2.17. The van der Waals surface area contributed by atoms with E-state index in [9.17, 15) is 13.2 Å². The van der Waals surface area contributed by atoms with Gasteiger partial charge in [-0.25, -0.2) is 13.4 Å². The Morgan fingerprint density at radius 3 is 2.89 bits per heavy atom. The summed E-state index contributed by atoms with van der Waals surface area (Å²) in [7, 11) is -3.77. The van der Waals surface area contributed by atoms with Crippen molar-refractivity contribution in [3.63, 3.8) is 0 Å². The SMILES string of the molecule is O=C(O)CCS(=O)(=O)Nc1c(Cl)ccc2scnc12. The summed E-state index contributed by atoms with van der Waals surface area (Å²) >= 11 is 7.31. The standard InChI is InChI=1S/C10H9ClN2O4S2/c11-6-1-2-7-10(12-5-18-7)9(6)13-19(16,17)4-3-8(14)15/h1-2,5,13H,3-4H2,(H,14,15). The van der Waals surface area contributed by atoms with Crippen LogP contribution in [0.5, 0.6) is 0 Å². The number of rotatable bonds is 5. The Kier molecular flexibility index (Phi) is 3.93. The molecule has 0 saturated carbocycles. The molecule has 0 aliphatic carbocycles.